The minimum Gasteiger partial charge on any atom is -0.481 e. The summed E-state index contributed by atoms with van der Waals surface area (Å²) in [6.07, 6.45) is -6.02. The Morgan fingerprint density at radius 2 is 1.85 bits per heavy atom. The molecule has 0 aliphatic heterocycles. The number of carbonyl (C=O) groups is 1. The number of aromatic nitrogens is 3. The molecule has 40 heavy (non-hydrogen) atoms. The lowest BCUT2D eigenvalue weighted by atomic mass is 10.0. The van der Waals surface area contributed by atoms with Gasteiger partial charge < -0.3 is 4.74 Å². The zero-order valence-electron chi connectivity index (χ0n) is 21.6. The van der Waals surface area contributed by atoms with E-state index >= 15 is 0 Å². The Labute approximate surface area is 229 Å². The molecule has 212 valence electrons. The van der Waals surface area contributed by atoms with Crippen LogP contribution < -0.4 is 20.7 Å². The van der Waals surface area contributed by atoms with Crippen LogP contribution in [0.5, 0.6) is 5.75 Å². The maximum absolute atomic E-state index is 13.3. The lowest BCUT2D eigenvalue weighted by Crippen LogP contribution is -2.40. The van der Waals surface area contributed by atoms with Gasteiger partial charge in [0.15, 0.2) is 6.10 Å². The fourth-order valence-electron chi connectivity index (χ4n) is 3.89. The van der Waals surface area contributed by atoms with Gasteiger partial charge in [0.05, 0.1) is 21.8 Å². The second-order valence-corrected chi connectivity index (χ2v) is 11.7. The summed E-state index contributed by atoms with van der Waals surface area (Å²) in [5, 5.41) is 0.524. The molecule has 10 nitrogen and oxygen atoms in total. The quantitative estimate of drug-likeness (QED) is 0.346. The van der Waals surface area contributed by atoms with Crippen LogP contribution in [0.4, 0.5) is 13.2 Å². The number of nitrogens with zero attached hydrogens (tertiary/aromatic N) is 3. The molecule has 0 saturated heterocycles. The van der Waals surface area contributed by atoms with Crippen LogP contribution in [0.1, 0.15) is 25.1 Å². The average molecular weight is 597 g/mol. The third kappa shape index (κ3) is 5.65. The van der Waals surface area contributed by atoms with E-state index in [0.29, 0.717) is 36.5 Å². The number of nitrogens with one attached hydrogen (secondary N) is 1. The molecular formula is C25H23F3N4O6S2. The van der Waals surface area contributed by atoms with Gasteiger partial charge in [-0.3, -0.25) is 14.2 Å². The minimum atomic E-state index is -4.88. The number of hydrogen-bond acceptors (Lipinski definition) is 8. The Morgan fingerprint density at radius 1 is 1.15 bits per heavy atom. The molecule has 1 unspecified atom stereocenters. The van der Waals surface area contributed by atoms with Gasteiger partial charge in [0, 0.05) is 24.1 Å². The first-order valence-electron chi connectivity index (χ1n) is 11.7. The molecule has 0 radical (unpaired) electrons. The molecule has 2 aromatic carbocycles. The van der Waals surface area contributed by atoms with Crippen molar-refractivity contribution < 1.29 is 31.1 Å². The Hall–Kier alpha value is -3.98. The van der Waals surface area contributed by atoms with Crippen LogP contribution in [0.2, 0.25) is 0 Å². The fraction of sp³-hybridized carbons (Fsp3) is 0.280. The molecule has 4 aromatic rings. The molecule has 0 spiro atoms. The van der Waals surface area contributed by atoms with E-state index in [4.69, 9.17) is 4.74 Å². The molecule has 0 aliphatic rings. The first kappa shape index (κ1) is 29.0. The van der Waals surface area contributed by atoms with Gasteiger partial charge in [-0.05, 0) is 68.2 Å². The van der Waals surface area contributed by atoms with E-state index in [-0.39, 0.29) is 17.2 Å². The number of hydrogen-bond donors (Lipinski definition) is 1. The van der Waals surface area contributed by atoms with E-state index < -0.39 is 45.2 Å². The summed E-state index contributed by atoms with van der Waals surface area (Å²) in [4.78, 5) is 37.6. The maximum atomic E-state index is 13.3. The van der Waals surface area contributed by atoms with Crippen molar-refractivity contribution >= 4 is 37.5 Å². The topological polar surface area (TPSA) is 129 Å². The Bertz CT molecular complexity index is 1860. The number of carbonyl (C=O) groups excluding carboxylic acids is 1. The van der Waals surface area contributed by atoms with Gasteiger partial charge >= 0.3 is 11.9 Å². The SMILES string of the molecule is CCS(=O)(=O)NC(=O)C(C)Oc1ccc(C)c(-c2nsc3ccc(-n4c(=O)cc(C(F)(F)F)n(C)c4=O)cc23)c1. The summed E-state index contributed by atoms with van der Waals surface area (Å²) in [7, 11) is -2.83. The van der Waals surface area contributed by atoms with Crippen molar-refractivity contribution in [2.75, 3.05) is 5.75 Å². The van der Waals surface area contributed by atoms with Crippen LogP contribution in [0.3, 0.4) is 0 Å². The molecule has 1 atom stereocenters. The van der Waals surface area contributed by atoms with Crippen molar-refractivity contribution in [3.05, 3.63) is 74.6 Å². The fourth-order valence-corrected chi connectivity index (χ4v) is 5.28. The number of rotatable bonds is 7. The van der Waals surface area contributed by atoms with Crippen molar-refractivity contribution in [2.45, 2.75) is 33.1 Å². The van der Waals surface area contributed by atoms with Crippen LogP contribution in [-0.2, 0) is 28.0 Å². The largest absolute Gasteiger partial charge is 0.481 e. The molecule has 15 heteroatoms. The van der Waals surface area contributed by atoms with E-state index in [1.807, 2.05) is 4.72 Å². The predicted molar refractivity (Wildman–Crippen MR) is 143 cm³/mol. The smallest absolute Gasteiger partial charge is 0.431 e. The molecule has 4 rings (SSSR count). The monoisotopic (exact) mass is 596 g/mol. The van der Waals surface area contributed by atoms with Gasteiger partial charge in [-0.1, -0.05) is 6.07 Å². The zero-order valence-corrected chi connectivity index (χ0v) is 23.2. The Balaban J connectivity index is 1.75. The molecule has 1 N–H and O–H groups in total. The van der Waals surface area contributed by atoms with E-state index in [9.17, 15) is 36.0 Å². The van der Waals surface area contributed by atoms with E-state index in [2.05, 4.69) is 4.37 Å². The maximum Gasteiger partial charge on any atom is 0.431 e. The summed E-state index contributed by atoms with van der Waals surface area (Å²) >= 11 is 1.13. The van der Waals surface area contributed by atoms with E-state index in [0.717, 1.165) is 24.1 Å². The summed E-state index contributed by atoms with van der Waals surface area (Å²) < 4.78 is 77.0. The summed E-state index contributed by atoms with van der Waals surface area (Å²) in [6.45, 7) is 4.59. The number of ether oxygens (including phenoxy) is 1. The standard InChI is InChI=1S/C25H23F3N4O6S2/c1-5-40(36,37)30-23(34)14(3)38-16-8-6-13(2)17(11-16)22-18-10-15(7-9-19(18)39-29-22)32-21(33)12-20(25(26,27)28)31(4)24(32)35/h6-12,14H,5H2,1-4H3,(H,30,34). The van der Waals surface area contributed by atoms with Crippen LogP contribution >= 0.6 is 11.5 Å². The average Bonchev–Trinajstić information content (AvgIpc) is 3.29. The van der Waals surface area contributed by atoms with Crippen LogP contribution in [0.15, 0.2) is 52.1 Å². The number of aryl methyl sites for hydroxylation is 1. The van der Waals surface area contributed by atoms with E-state index in [1.165, 1.54) is 26.0 Å². The Kier molecular flexibility index (Phi) is 7.64. The number of benzene rings is 2. The first-order valence-corrected chi connectivity index (χ1v) is 14.2. The molecule has 0 bridgehead atoms. The van der Waals surface area contributed by atoms with Gasteiger partial charge in [-0.15, -0.1) is 0 Å². The van der Waals surface area contributed by atoms with Crippen LogP contribution in [0.25, 0.3) is 27.0 Å². The summed E-state index contributed by atoms with van der Waals surface area (Å²) in [5.41, 5.74) is -1.80. The highest BCUT2D eigenvalue weighted by Gasteiger charge is 2.35. The third-order valence-corrected chi connectivity index (χ3v) is 8.20. The number of alkyl halides is 3. The molecule has 0 aliphatic carbocycles. The van der Waals surface area contributed by atoms with Crippen molar-refractivity contribution in [2.24, 2.45) is 7.05 Å². The molecular weight excluding hydrogens is 573 g/mol. The van der Waals surface area contributed by atoms with Gasteiger partial charge in [-0.2, -0.15) is 17.5 Å². The first-order chi connectivity index (χ1) is 18.6. The van der Waals surface area contributed by atoms with Crippen molar-refractivity contribution in [3.63, 3.8) is 0 Å². The molecule has 0 saturated carbocycles. The number of fused-ring (bicyclic) bond motifs is 1. The minimum absolute atomic E-state index is 0.0563. The summed E-state index contributed by atoms with van der Waals surface area (Å²) in [5.74, 6) is -0.859. The van der Waals surface area contributed by atoms with Crippen LogP contribution in [0, 0.1) is 6.92 Å². The number of amides is 1. The van der Waals surface area contributed by atoms with Gasteiger partial charge in [0.1, 0.15) is 11.4 Å². The van der Waals surface area contributed by atoms with Gasteiger partial charge in [-0.25, -0.2) is 22.5 Å². The third-order valence-electron chi connectivity index (χ3n) is 6.10. The molecule has 2 aromatic heterocycles. The van der Waals surface area contributed by atoms with Crippen molar-refractivity contribution in [3.8, 4) is 22.7 Å². The number of sulfonamides is 1. The highest BCUT2D eigenvalue weighted by Crippen LogP contribution is 2.36. The lowest BCUT2D eigenvalue weighted by molar-refractivity contribution is -0.144. The van der Waals surface area contributed by atoms with Crippen molar-refractivity contribution in [1.82, 2.24) is 18.2 Å². The zero-order chi connectivity index (χ0) is 29.6. The molecule has 1 amide bonds. The Morgan fingerprint density at radius 3 is 2.50 bits per heavy atom. The highest BCUT2D eigenvalue weighted by molar-refractivity contribution is 7.90. The van der Waals surface area contributed by atoms with Gasteiger partial charge in [0.2, 0.25) is 10.0 Å². The van der Waals surface area contributed by atoms with Crippen LogP contribution in [-0.4, -0.2) is 39.7 Å². The number of halogens is 3. The molecule has 2 heterocycles. The predicted octanol–water partition coefficient (Wildman–Crippen LogP) is 3.37. The lowest BCUT2D eigenvalue weighted by Gasteiger charge is -2.16. The second-order valence-electron chi connectivity index (χ2n) is 8.86. The normalized spacial score (nSPS) is 12.9. The summed E-state index contributed by atoms with van der Waals surface area (Å²) in [6, 6.07) is 9.82. The van der Waals surface area contributed by atoms with E-state index in [1.54, 1.807) is 31.2 Å². The molecule has 0 fully saturated rings. The van der Waals surface area contributed by atoms with Gasteiger partial charge in [0.25, 0.3) is 11.5 Å². The van der Waals surface area contributed by atoms with Crippen molar-refractivity contribution in [1.29, 1.82) is 0 Å². The second kappa shape index (κ2) is 10.5. The highest BCUT2D eigenvalue weighted by atomic mass is 32.2.